The first-order valence-electron chi connectivity index (χ1n) is 15.1. The lowest BCUT2D eigenvalue weighted by atomic mass is 10.3. The minimum atomic E-state index is -3.11. The molecule has 0 radical (unpaired) electrons. The Balaban J connectivity index is 0.00000106. The molecule has 0 atom stereocenters. The topological polar surface area (TPSA) is 239 Å². The Morgan fingerprint density at radius 3 is 1.25 bits per heavy atom. The van der Waals surface area contributed by atoms with Gasteiger partial charge >= 0.3 is 21.2 Å². The number of rotatable bonds is 21. The molecule has 52 heavy (non-hydrogen) atoms. The zero-order valence-corrected chi connectivity index (χ0v) is 32.8. The van der Waals surface area contributed by atoms with E-state index in [2.05, 4.69) is 0 Å². The number of ether oxygens (including phenoxy) is 6. The average molecular weight is 847 g/mol. The molecule has 0 aliphatic carbocycles. The molecule has 4 N–H and O–H groups in total. The Morgan fingerprint density at radius 1 is 0.462 bits per heavy atom. The number of aliphatic hydroxyl groups excluding tert-OH is 4. The second-order valence-corrected chi connectivity index (χ2v) is 15.0. The van der Waals surface area contributed by atoms with E-state index in [4.69, 9.17) is 63.9 Å². The molecule has 16 nitrogen and oxygen atoms in total. The van der Waals surface area contributed by atoms with Crippen molar-refractivity contribution in [3.63, 3.8) is 0 Å². The molecule has 290 valence electrons. The fraction of sp³-hybridized carbons (Fsp3) is 0.467. The number of hydrogen-bond donors (Lipinski definition) is 4. The van der Waals surface area contributed by atoms with Crippen molar-refractivity contribution in [1.29, 1.82) is 0 Å². The molecule has 22 heteroatoms. The van der Waals surface area contributed by atoms with Gasteiger partial charge in [0, 0.05) is 28.0 Å². The zero-order valence-electron chi connectivity index (χ0n) is 27.9. The summed E-state index contributed by atoms with van der Waals surface area (Å²) in [5, 5.41) is 36.7. The minimum absolute atomic E-state index is 0.0272. The van der Waals surface area contributed by atoms with Crippen LogP contribution in [0.25, 0.3) is 29.3 Å². The van der Waals surface area contributed by atoms with Gasteiger partial charge in [-0.15, -0.1) is 70.6 Å². The van der Waals surface area contributed by atoms with Gasteiger partial charge in [-0.3, -0.25) is 0 Å². The van der Waals surface area contributed by atoms with Crippen LogP contribution in [0.1, 0.15) is 9.75 Å². The van der Waals surface area contributed by atoms with Crippen molar-refractivity contribution in [1.82, 2.24) is 0 Å². The van der Waals surface area contributed by atoms with Crippen molar-refractivity contribution in [3.8, 4) is 52.3 Å². The zero-order chi connectivity index (χ0) is 38.5. The molecule has 0 unspecified atom stereocenters. The summed E-state index contributed by atoms with van der Waals surface area (Å²) in [4.78, 5) is 7.77. The normalized spacial score (nSPS) is 10.5. The Bertz CT molecular complexity index is 1820. The minimum Gasteiger partial charge on any atom is -0.490 e. The van der Waals surface area contributed by atoms with Crippen molar-refractivity contribution in [3.05, 3.63) is 34.0 Å². The van der Waals surface area contributed by atoms with E-state index in [0.717, 1.165) is 50.5 Å². The van der Waals surface area contributed by atoms with Crippen molar-refractivity contribution >= 4 is 66.6 Å². The third-order valence-corrected chi connectivity index (χ3v) is 10.7. The standard InChI is InChI=1S/C30H38O10S4.2O3S/c1-19-15-22(37-9-5-33)28(41-19)26-18-24(40-14-12-36-8-4-32)30(43-26)27-17-23(38-10-6-34)29(44-27)25-16-21(20(2)42-25)39-13-11-35-7-3-31;2*1-4(2)3/h15-18,31-34H,3-14H2,1-2H3;;. The summed E-state index contributed by atoms with van der Waals surface area (Å²) in [6, 6.07) is 7.93. The smallest absolute Gasteiger partial charge is 0.425 e. The molecule has 4 aromatic heterocycles. The van der Waals surface area contributed by atoms with Crippen LogP contribution in [0.15, 0.2) is 24.3 Å². The summed E-state index contributed by atoms with van der Waals surface area (Å²) in [6.45, 7) is 6.00. The van der Waals surface area contributed by atoms with Crippen molar-refractivity contribution in [2.24, 2.45) is 0 Å². The summed E-state index contributed by atoms with van der Waals surface area (Å²) in [7, 11) is -6.22. The van der Waals surface area contributed by atoms with Gasteiger partial charge in [0.1, 0.15) is 49.4 Å². The largest absolute Gasteiger partial charge is 0.490 e. The highest BCUT2D eigenvalue weighted by molar-refractivity contribution is 7.59. The summed E-state index contributed by atoms with van der Waals surface area (Å²) >= 11 is 6.35. The van der Waals surface area contributed by atoms with Crippen LogP contribution in [0.4, 0.5) is 0 Å². The van der Waals surface area contributed by atoms with E-state index in [0.29, 0.717) is 37.9 Å². The molecule has 0 saturated carbocycles. The molecule has 0 spiro atoms. The van der Waals surface area contributed by atoms with Gasteiger partial charge in [-0.25, -0.2) is 0 Å². The number of thiophene rings is 4. The fourth-order valence-electron chi connectivity index (χ4n) is 4.09. The Morgan fingerprint density at radius 2 is 0.808 bits per heavy atom. The van der Waals surface area contributed by atoms with E-state index < -0.39 is 21.2 Å². The average Bonchev–Trinajstić information content (AvgIpc) is 3.87. The van der Waals surface area contributed by atoms with Crippen LogP contribution < -0.4 is 18.9 Å². The fourth-order valence-corrected chi connectivity index (χ4v) is 8.52. The highest BCUT2D eigenvalue weighted by Gasteiger charge is 2.23. The summed E-state index contributed by atoms with van der Waals surface area (Å²) in [6.07, 6.45) is 0. The van der Waals surface area contributed by atoms with Crippen LogP contribution in [0.2, 0.25) is 0 Å². The predicted octanol–water partition coefficient (Wildman–Crippen LogP) is 3.06. The molecule has 0 amide bonds. The van der Waals surface area contributed by atoms with Gasteiger partial charge in [-0.05, 0) is 19.9 Å². The summed E-state index contributed by atoms with van der Waals surface area (Å²) in [5.41, 5.74) is 0. The second-order valence-electron chi connectivity index (χ2n) is 9.61. The lowest BCUT2D eigenvalue weighted by molar-refractivity contribution is 0.0705. The predicted molar refractivity (Wildman–Crippen MR) is 195 cm³/mol. The van der Waals surface area contributed by atoms with Gasteiger partial charge in [-0.1, -0.05) is 0 Å². The Labute approximate surface area is 318 Å². The van der Waals surface area contributed by atoms with Crippen LogP contribution in [0, 0.1) is 13.8 Å². The van der Waals surface area contributed by atoms with E-state index in [1.165, 1.54) is 0 Å². The SMILES string of the molecule is Cc1cc(OCCO)c(-c2cc(OCCOCCO)c(-c3cc(OCCO)c(-c4cc(OCCOCCO)c(C)s4)s3)s2)s1.O=S(=O)=O.O=S(=O)=O. The monoisotopic (exact) mass is 846 g/mol. The third-order valence-electron chi connectivity index (χ3n) is 5.90. The quantitative estimate of drug-likeness (QED) is 0.0882. The second kappa shape index (κ2) is 25.1. The lowest BCUT2D eigenvalue weighted by Gasteiger charge is -2.06. The molecular weight excluding hydrogens is 809 g/mol. The van der Waals surface area contributed by atoms with E-state index in [1.54, 1.807) is 45.3 Å². The summed E-state index contributed by atoms with van der Waals surface area (Å²) in [5.74, 6) is 2.82. The van der Waals surface area contributed by atoms with Crippen molar-refractivity contribution in [2.75, 3.05) is 79.3 Å². The maximum Gasteiger partial charge on any atom is 0.425 e. The highest BCUT2D eigenvalue weighted by Crippen LogP contribution is 2.53. The van der Waals surface area contributed by atoms with E-state index in [-0.39, 0.29) is 52.9 Å². The first-order valence-corrected chi connectivity index (χ1v) is 20.3. The molecule has 4 rings (SSSR count). The van der Waals surface area contributed by atoms with Gasteiger partial charge in [0.25, 0.3) is 0 Å². The van der Waals surface area contributed by atoms with Gasteiger partial charge in [0.05, 0.1) is 82.1 Å². The van der Waals surface area contributed by atoms with Crippen molar-refractivity contribution < 1.29 is 74.1 Å². The molecule has 0 fully saturated rings. The first-order chi connectivity index (χ1) is 24.9. The lowest BCUT2D eigenvalue weighted by Crippen LogP contribution is -2.09. The van der Waals surface area contributed by atoms with Gasteiger partial charge < -0.3 is 48.8 Å². The summed E-state index contributed by atoms with van der Waals surface area (Å²) < 4.78 is 85.4. The molecule has 4 aromatic rings. The molecule has 0 bridgehead atoms. The molecule has 0 aromatic carbocycles. The van der Waals surface area contributed by atoms with Crippen LogP contribution in [-0.4, -0.2) is 125 Å². The first kappa shape index (κ1) is 45.2. The van der Waals surface area contributed by atoms with E-state index in [9.17, 15) is 10.2 Å². The van der Waals surface area contributed by atoms with Crippen LogP contribution in [-0.2, 0) is 30.7 Å². The van der Waals surface area contributed by atoms with Crippen molar-refractivity contribution in [2.45, 2.75) is 13.8 Å². The van der Waals surface area contributed by atoms with Crippen LogP contribution in [0.3, 0.4) is 0 Å². The van der Waals surface area contributed by atoms with Gasteiger partial charge in [0.2, 0.25) is 0 Å². The Hall–Kier alpha value is -3.00. The van der Waals surface area contributed by atoms with Crippen LogP contribution >= 0.6 is 45.3 Å². The van der Waals surface area contributed by atoms with E-state index >= 15 is 0 Å². The molecule has 0 aliphatic heterocycles. The molecular formula is C30H38O16S6. The number of aliphatic hydroxyl groups is 4. The third kappa shape index (κ3) is 15.9. The number of aryl methyl sites for hydroxylation is 2. The highest BCUT2D eigenvalue weighted by atomic mass is 32.2. The molecule has 0 saturated heterocycles. The molecule has 4 heterocycles. The Kier molecular flexibility index (Phi) is 21.8. The maximum absolute atomic E-state index is 9.50. The van der Waals surface area contributed by atoms with E-state index in [1.807, 2.05) is 38.1 Å². The molecule has 0 aliphatic rings. The van der Waals surface area contributed by atoms with Gasteiger partial charge in [-0.2, -0.15) is 0 Å². The van der Waals surface area contributed by atoms with Gasteiger partial charge in [0.15, 0.2) is 0 Å². The maximum atomic E-state index is 9.50. The number of hydrogen-bond acceptors (Lipinski definition) is 20. The van der Waals surface area contributed by atoms with Crippen LogP contribution in [0.5, 0.6) is 23.0 Å².